The van der Waals surface area contributed by atoms with Crippen molar-refractivity contribution in [1.82, 2.24) is 14.3 Å². The number of hydrogen-bond donors (Lipinski definition) is 2. The molecule has 0 unspecified atom stereocenters. The second-order valence-corrected chi connectivity index (χ2v) is 9.89. The summed E-state index contributed by atoms with van der Waals surface area (Å²) in [6.45, 7) is 0.513. The molecule has 0 atom stereocenters. The number of benzene rings is 2. The Kier molecular flexibility index (Phi) is 5.48. The quantitative estimate of drug-likeness (QED) is 0.429. The molecule has 8 nitrogen and oxygen atoms in total. The standard InChI is InChI=1S/C27H21N5O3S/c28-12-16-11-17(8-9-19(16)27(35)32-13-18(33)14-32)30-26(34)25-23(15-6-7-15)24(31-36-25)21-3-1-5-22-20(21)4-2-10-29-22/h1-5,8-11,15,18,33H,6-7,13-14H2,(H,30,34). The molecule has 36 heavy (non-hydrogen) atoms. The van der Waals surface area contributed by atoms with Gasteiger partial charge in [-0.15, -0.1) is 0 Å². The Labute approximate surface area is 211 Å². The third-order valence-electron chi connectivity index (χ3n) is 6.60. The third kappa shape index (κ3) is 3.90. The second-order valence-electron chi connectivity index (χ2n) is 9.11. The molecule has 4 aromatic rings. The maximum absolute atomic E-state index is 13.4. The first-order valence-electron chi connectivity index (χ1n) is 11.7. The molecule has 1 aliphatic heterocycles. The molecule has 9 heteroatoms. The largest absolute Gasteiger partial charge is 0.389 e. The summed E-state index contributed by atoms with van der Waals surface area (Å²) < 4.78 is 4.70. The number of aromatic nitrogens is 2. The lowest BCUT2D eigenvalue weighted by Crippen LogP contribution is -2.53. The van der Waals surface area contributed by atoms with E-state index in [9.17, 15) is 20.0 Å². The van der Waals surface area contributed by atoms with E-state index in [0.29, 0.717) is 10.6 Å². The van der Waals surface area contributed by atoms with Gasteiger partial charge in [0, 0.05) is 41.5 Å². The number of nitriles is 1. The van der Waals surface area contributed by atoms with Crippen molar-refractivity contribution in [3.63, 3.8) is 0 Å². The molecule has 1 aliphatic carbocycles. The normalized spacial score (nSPS) is 15.4. The number of pyridine rings is 1. The highest BCUT2D eigenvalue weighted by atomic mass is 32.1. The predicted molar refractivity (Wildman–Crippen MR) is 136 cm³/mol. The molecule has 1 saturated carbocycles. The number of rotatable bonds is 5. The molecular formula is C27H21N5O3S. The molecule has 3 heterocycles. The SMILES string of the molecule is N#Cc1cc(NC(=O)c2snc(-c3cccc4ncccc34)c2C2CC2)ccc1C(=O)N1CC(O)C1. The maximum Gasteiger partial charge on any atom is 0.267 e. The van der Waals surface area contributed by atoms with E-state index in [1.54, 1.807) is 18.3 Å². The van der Waals surface area contributed by atoms with Gasteiger partial charge in [-0.05, 0) is 60.6 Å². The first kappa shape index (κ1) is 22.3. The van der Waals surface area contributed by atoms with Crippen molar-refractivity contribution in [3.8, 4) is 17.3 Å². The lowest BCUT2D eigenvalue weighted by atomic mass is 9.98. The minimum absolute atomic E-state index is 0.176. The van der Waals surface area contributed by atoms with Crippen LogP contribution in [0.15, 0.2) is 54.7 Å². The van der Waals surface area contributed by atoms with E-state index < -0.39 is 6.10 Å². The number of nitrogens with zero attached hydrogens (tertiary/aromatic N) is 4. The molecular weight excluding hydrogens is 474 g/mol. The van der Waals surface area contributed by atoms with Crippen LogP contribution in [0.5, 0.6) is 0 Å². The average molecular weight is 496 g/mol. The fourth-order valence-corrected chi connectivity index (χ4v) is 5.47. The summed E-state index contributed by atoms with van der Waals surface area (Å²) in [7, 11) is 0. The van der Waals surface area contributed by atoms with Gasteiger partial charge < -0.3 is 15.3 Å². The monoisotopic (exact) mass is 495 g/mol. The van der Waals surface area contributed by atoms with E-state index in [-0.39, 0.29) is 41.9 Å². The van der Waals surface area contributed by atoms with Crippen molar-refractivity contribution in [3.05, 3.63) is 76.3 Å². The number of amides is 2. The summed E-state index contributed by atoms with van der Waals surface area (Å²) in [4.78, 5) is 32.5. The number of β-amino-alcohol motifs (C(OH)–C–C–N with tert-alkyl or cyclic N) is 1. The van der Waals surface area contributed by atoms with Crippen LogP contribution in [0, 0.1) is 11.3 Å². The summed E-state index contributed by atoms with van der Waals surface area (Å²) in [5, 5.41) is 23.0. The fraction of sp³-hybridized carbons (Fsp3) is 0.222. The van der Waals surface area contributed by atoms with Crippen molar-refractivity contribution in [2.24, 2.45) is 0 Å². The van der Waals surface area contributed by atoms with Gasteiger partial charge in [0.15, 0.2) is 0 Å². The summed E-state index contributed by atoms with van der Waals surface area (Å²) in [5.74, 6) is -0.303. The second kappa shape index (κ2) is 8.82. The summed E-state index contributed by atoms with van der Waals surface area (Å²) in [6, 6.07) is 16.6. The van der Waals surface area contributed by atoms with Gasteiger partial charge >= 0.3 is 0 Å². The van der Waals surface area contributed by atoms with E-state index >= 15 is 0 Å². The average Bonchev–Trinajstić information content (AvgIpc) is 3.63. The Morgan fingerprint density at radius 1 is 1.14 bits per heavy atom. The predicted octanol–water partition coefficient (Wildman–Crippen LogP) is 4.18. The summed E-state index contributed by atoms with van der Waals surface area (Å²) in [5.41, 5.74) is 4.48. The van der Waals surface area contributed by atoms with E-state index in [1.807, 2.05) is 36.4 Å². The molecule has 6 rings (SSSR count). The molecule has 1 saturated heterocycles. The van der Waals surface area contributed by atoms with Gasteiger partial charge in [0.05, 0.1) is 28.4 Å². The van der Waals surface area contributed by atoms with Gasteiger partial charge in [-0.2, -0.15) is 9.64 Å². The minimum atomic E-state index is -0.520. The Balaban J connectivity index is 1.30. The third-order valence-corrected chi connectivity index (χ3v) is 7.46. The minimum Gasteiger partial charge on any atom is -0.389 e. The summed E-state index contributed by atoms with van der Waals surface area (Å²) >= 11 is 1.18. The van der Waals surface area contributed by atoms with Crippen LogP contribution in [0.3, 0.4) is 0 Å². The molecule has 0 bridgehead atoms. The molecule has 2 aromatic heterocycles. The number of aliphatic hydroxyl groups is 1. The van der Waals surface area contributed by atoms with Gasteiger partial charge in [0.25, 0.3) is 11.8 Å². The molecule has 0 spiro atoms. The van der Waals surface area contributed by atoms with E-state index in [4.69, 9.17) is 4.37 Å². The lowest BCUT2D eigenvalue weighted by molar-refractivity contribution is 0.00587. The highest BCUT2D eigenvalue weighted by molar-refractivity contribution is 7.08. The molecule has 0 radical (unpaired) electrons. The van der Waals surface area contributed by atoms with Crippen molar-refractivity contribution in [1.29, 1.82) is 5.26 Å². The molecule has 2 aliphatic rings. The maximum atomic E-state index is 13.4. The Morgan fingerprint density at radius 2 is 1.97 bits per heavy atom. The van der Waals surface area contributed by atoms with Crippen LogP contribution in [0.2, 0.25) is 0 Å². The Bertz CT molecular complexity index is 1560. The summed E-state index contributed by atoms with van der Waals surface area (Å²) in [6.07, 6.45) is 3.26. The Hall–Kier alpha value is -4.13. The van der Waals surface area contributed by atoms with Crippen LogP contribution in [0.25, 0.3) is 22.2 Å². The van der Waals surface area contributed by atoms with Gasteiger partial charge in [0.2, 0.25) is 0 Å². The number of carbonyl (C=O) groups is 2. The lowest BCUT2D eigenvalue weighted by Gasteiger charge is -2.36. The number of carbonyl (C=O) groups excluding carboxylic acids is 2. The molecule has 178 valence electrons. The number of anilines is 1. The zero-order valence-corrected chi connectivity index (χ0v) is 20.0. The highest BCUT2D eigenvalue weighted by Crippen LogP contribution is 2.48. The highest BCUT2D eigenvalue weighted by Gasteiger charge is 2.34. The van der Waals surface area contributed by atoms with Gasteiger partial charge in [-0.25, -0.2) is 0 Å². The van der Waals surface area contributed by atoms with Crippen molar-refractivity contribution < 1.29 is 14.7 Å². The van der Waals surface area contributed by atoms with Gasteiger partial charge in [-0.1, -0.05) is 18.2 Å². The van der Waals surface area contributed by atoms with Crippen molar-refractivity contribution in [2.75, 3.05) is 18.4 Å². The van der Waals surface area contributed by atoms with Crippen LogP contribution in [-0.2, 0) is 0 Å². The van der Waals surface area contributed by atoms with Crippen LogP contribution >= 0.6 is 11.5 Å². The van der Waals surface area contributed by atoms with Crippen molar-refractivity contribution in [2.45, 2.75) is 24.9 Å². The van der Waals surface area contributed by atoms with E-state index in [1.165, 1.54) is 22.5 Å². The number of nitrogens with one attached hydrogen (secondary N) is 1. The number of likely N-dealkylation sites (tertiary alicyclic amines) is 1. The molecule has 2 fully saturated rings. The van der Waals surface area contributed by atoms with Gasteiger partial charge in [-0.3, -0.25) is 14.6 Å². The smallest absolute Gasteiger partial charge is 0.267 e. The molecule has 2 aromatic carbocycles. The number of fused-ring (bicyclic) bond motifs is 1. The topological polar surface area (TPSA) is 119 Å². The number of hydrogen-bond acceptors (Lipinski definition) is 7. The van der Waals surface area contributed by atoms with Crippen LogP contribution in [0.1, 0.15) is 49.9 Å². The van der Waals surface area contributed by atoms with Crippen LogP contribution in [0.4, 0.5) is 5.69 Å². The first-order valence-corrected chi connectivity index (χ1v) is 12.5. The molecule has 2 N–H and O–H groups in total. The van der Waals surface area contributed by atoms with Gasteiger partial charge in [0.1, 0.15) is 10.9 Å². The Morgan fingerprint density at radius 3 is 2.72 bits per heavy atom. The fourth-order valence-electron chi connectivity index (χ4n) is 4.60. The first-order chi connectivity index (χ1) is 17.5. The zero-order valence-electron chi connectivity index (χ0n) is 19.1. The van der Waals surface area contributed by atoms with E-state index in [2.05, 4.69) is 10.3 Å². The van der Waals surface area contributed by atoms with E-state index in [0.717, 1.165) is 40.6 Å². The number of aliphatic hydroxyl groups excluding tert-OH is 1. The van der Waals surface area contributed by atoms with Crippen molar-refractivity contribution >= 4 is 39.9 Å². The van der Waals surface area contributed by atoms with Crippen LogP contribution < -0.4 is 5.32 Å². The molecule has 2 amide bonds. The van der Waals surface area contributed by atoms with Crippen LogP contribution in [-0.4, -0.2) is 50.4 Å². The zero-order chi connectivity index (χ0) is 24.8.